The van der Waals surface area contributed by atoms with Crippen LogP contribution in [0, 0.1) is 6.92 Å². The normalized spacial score (nSPS) is 11.2. The van der Waals surface area contributed by atoms with Gasteiger partial charge in [0.25, 0.3) is 0 Å². The number of para-hydroxylation sites is 1. The third-order valence-corrected chi connectivity index (χ3v) is 3.17. The van der Waals surface area contributed by atoms with E-state index in [0.29, 0.717) is 11.0 Å². The summed E-state index contributed by atoms with van der Waals surface area (Å²) in [6.45, 7) is 4.74. The van der Waals surface area contributed by atoms with Gasteiger partial charge in [-0.3, -0.25) is 0 Å². The van der Waals surface area contributed by atoms with Crippen LogP contribution in [0.1, 0.15) is 12.5 Å². The number of aromatic amines is 1. The second kappa shape index (κ2) is 3.91. The SMILES string of the molecule is CCNc1[nH]c2c(c1C)c(=O)oc1ccccc12. The molecule has 0 unspecified atom stereocenters. The largest absolute Gasteiger partial charge is 0.422 e. The third-order valence-electron chi connectivity index (χ3n) is 3.17. The van der Waals surface area contributed by atoms with Crippen molar-refractivity contribution in [3.8, 4) is 0 Å². The molecule has 2 heterocycles. The van der Waals surface area contributed by atoms with Crippen LogP contribution < -0.4 is 10.9 Å². The first-order chi connectivity index (χ1) is 8.72. The van der Waals surface area contributed by atoms with E-state index in [-0.39, 0.29) is 5.63 Å². The smallest absolute Gasteiger partial charge is 0.346 e. The van der Waals surface area contributed by atoms with E-state index >= 15 is 0 Å². The molecule has 0 spiro atoms. The van der Waals surface area contributed by atoms with E-state index in [0.717, 1.165) is 28.8 Å². The van der Waals surface area contributed by atoms with Gasteiger partial charge in [0.15, 0.2) is 0 Å². The average Bonchev–Trinajstić information content (AvgIpc) is 2.69. The van der Waals surface area contributed by atoms with Crippen molar-refractivity contribution in [3.05, 3.63) is 40.2 Å². The summed E-state index contributed by atoms with van der Waals surface area (Å²) in [6, 6.07) is 7.55. The zero-order chi connectivity index (χ0) is 12.7. The molecule has 2 aromatic heterocycles. The van der Waals surface area contributed by atoms with E-state index in [1.54, 1.807) is 6.07 Å². The Labute approximate surface area is 104 Å². The number of rotatable bonds is 2. The van der Waals surface area contributed by atoms with Gasteiger partial charge in [-0.25, -0.2) is 4.79 Å². The molecule has 1 aromatic carbocycles. The maximum absolute atomic E-state index is 12.0. The summed E-state index contributed by atoms with van der Waals surface area (Å²) >= 11 is 0. The highest BCUT2D eigenvalue weighted by Crippen LogP contribution is 2.28. The Hall–Kier alpha value is -2.23. The predicted octanol–water partition coefficient (Wildman–Crippen LogP) is 3.01. The van der Waals surface area contributed by atoms with E-state index in [1.807, 2.05) is 32.0 Å². The number of nitrogens with one attached hydrogen (secondary N) is 2. The molecule has 0 saturated carbocycles. The van der Waals surface area contributed by atoms with E-state index in [9.17, 15) is 4.79 Å². The van der Waals surface area contributed by atoms with Crippen LogP contribution in [0.2, 0.25) is 0 Å². The summed E-state index contributed by atoms with van der Waals surface area (Å²) < 4.78 is 5.34. The monoisotopic (exact) mass is 242 g/mol. The average molecular weight is 242 g/mol. The number of aryl methyl sites for hydroxylation is 1. The van der Waals surface area contributed by atoms with Gasteiger partial charge in [0, 0.05) is 17.5 Å². The molecule has 4 heteroatoms. The molecule has 0 aliphatic heterocycles. The highest BCUT2D eigenvalue weighted by Gasteiger charge is 2.14. The van der Waals surface area contributed by atoms with Gasteiger partial charge in [-0.2, -0.15) is 0 Å². The van der Waals surface area contributed by atoms with Crippen LogP contribution in [-0.2, 0) is 0 Å². The highest BCUT2D eigenvalue weighted by atomic mass is 16.4. The quantitative estimate of drug-likeness (QED) is 0.679. The molecule has 2 N–H and O–H groups in total. The third kappa shape index (κ3) is 1.42. The number of anilines is 1. The second-order valence-corrected chi connectivity index (χ2v) is 4.29. The molecule has 18 heavy (non-hydrogen) atoms. The summed E-state index contributed by atoms with van der Waals surface area (Å²) in [5, 5.41) is 4.78. The van der Waals surface area contributed by atoms with Crippen molar-refractivity contribution in [1.82, 2.24) is 4.98 Å². The minimum atomic E-state index is -0.290. The van der Waals surface area contributed by atoms with Crippen LogP contribution in [0.4, 0.5) is 5.82 Å². The first-order valence-electron chi connectivity index (χ1n) is 6.00. The lowest BCUT2D eigenvalue weighted by Gasteiger charge is -1.99. The fourth-order valence-electron chi connectivity index (χ4n) is 2.32. The van der Waals surface area contributed by atoms with E-state index < -0.39 is 0 Å². The van der Waals surface area contributed by atoms with Gasteiger partial charge < -0.3 is 14.7 Å². The van der Waals surface area contributed by atoms with Gasteiger partial charge in [0.2, 0.25) is 0 Å². The van der Waals surface area contributed by atoms with Crippen molar-refractivity contribution in [3.63, 3.8) is 0 Å². The van der Waals surface area contributed by atoms with Gasteiger partial charge in [0.05, 0.1) is 10.9 Å². The van der Waals surface area contributed by atoms with Gasteiger partial charge in [-0.1, -0.05) is 12.1 Å². The summed E-state index contributed by atoms with van der Waals surface area (Å²) in [5.41, 5.74) is 2.07. The van der Waals surface area contributed by atoms with Crippen molar-refractivity contribution < 1.29 is 4.42 Å². The van der Waals surface area contributed by atoms with Crippen LogP contribution in [-0.4, -0.2) is 11.5 Å². The van der Waals surface area contributed by atoms with Crippen molar-refractivity contribution in [2.45, 2.75) is 13.8 Å². The lowest BCUT2D eigenvalue weighted by Crippen LogP contribution is -2.00. The van der Waals surface area contributed by atoms with Crippen molar-refractivity contribution in [2.24, 2.45) is 0 Å². The molecule has 0 amide bonds. The van der Waals surface area contributed by atoms with Crippen LogP contribution in [0.25, 0.3) is 21.9 Å². The molecule has 0 aliphatic rings. The fourth-order valence-corrected chi connectivity index (χ4v) is 2.32. The molecule has 92 valence electrons. The van der Waals surface area contributed by atoms with Crippen LogP contribution in [0.5, 0.6) is 0 Å². The van der Waals surface area contributed by atoms with Gasteiger partial charge in [0.1, 0.15) is 11.4 Å². The van der Waals surface area contributed by atoms with Gasteiger partial charge in [-0.15, -0.1) is 0 Å². The van der Waals surface area contributed by atoms with E-state index in [1.165, 1.54) is 0 Å². The summed E-state index contributed by atoms with van der Waals surface area (Å²) in [4.78, 5) is 15.3. The Morgan fingerprint density at radius 1 is 1.33 bits per heavy atom. The van der Waals surface area contributed by atoms with Crippen LogP contribution in [0.15, 0.2) is 33.5 Å². The van der Waals surface area contributed by atoms with E-state index in [4.69, 9.17) is 4.42 Å². The minimum Gasteiger partial charge on any atom is -0.422 e. The zero-order valence-electron chi connectivity index (χ0n) is 10.3. The first kappa shape index (κ1) is 10.9. The number of hydrogen-bond acceptors (Lipinski definition) is 3. The Kier molecular flexibility index (Phi) is 2.37. The molecule has 0 saturated heterocycles. The summed E-state index contributed by atoms with van der Waals surface area (Å²) in [6.07, 6.45) is 0. The molecular weight excluding hydrogens is 228 g/mol. The molecule has 0 fully saturated rings. The Bertz CT molecular complexity index is 783. The van der Waals surface area contributed by atoms with Crippen LogP contribution >= 0.6 is 0 Å². The molecule has 4 nitrogen and oxygen atoms in total. The maximum Gasteiger partial charge on any atom is 0.346 e. The standard InChI is InChI=1S/C14H14N2O2/c1-3-15-13-8(2)11-12(16-13)9-6-4-5-7-10(9)18-14(11)17/h4-7,15-16H,3H2,1-2H3. The predicted molar refractivity (Wildman–Crippen MR) is 73.2 cm³/mol. The molecule has 3 aromatic rings. The van der Waals surface area contributed by atoms with Gasteiger partial charge in [-0.05, 0) is 26.0 Å². The number of aromatic nitrogens is 1. The Morgan fingerprint density at radius 3 is 2.89 bits per heavy atom. The minimum absolute atomic E-state index is 0.290. The van der Waals surface area contributed by atoms with Crippen molar-refractivity contribution >= 4 is 27.7 Å². The Balaban J connectivity index is 2.49. The molecule has 3 rings (SSSR count). The molecule has 0 atom stereocenters. The Morgan fingerprint density at radius 2 is 2.11 bits per heavy atom. The summed E-state index contributed by atoms with van der Waals surface area (Å²) in [5.74, 6) is 0.885. The summed E-state index contributed by atoms with van der Waals surface area (Å²) in [7, 11) is 0. The van der Waals surface area contributed by atoms with Crippen LogP contribution in [0.3, 0.4) is 0 Å². The maximum atomic E-state index is 12.0. The van der Waals surface area contributed by atoms with Gasteiger partial charge >= 0.3 is 5.63 Å². The first-order valence-corrected chi connectivity index (χ1v) is 6.00. The number of benzene rings is 1. The zero-order valence-corrected chi connectivity index (χ0v) is 10.3. The molecular formula is C14H14N2O2. The molecule has 0 bridgehead atoms. The fraction of sp³-hybridized carbons (Fsp3) is 0.214. The van der Waals surface area contributed by atoms with Crippen molar-refractivity contribution in [1.29, 1.82) is 0 Å². The number of fused-ring (bicyclic) bond motifs is 3. The number of hydrogen-bond donors (Lipinski definition) is 2. The highest BCUT2D eigenvalue weighted by molar-refractivity contribution is 6.05. The molecule has 0 aliphatic carbocycles. The van der Waals surface area contributed by atoms with Crippen molar-refractivity contribution in [2.75, 3.05) is 11.9 Å². The lowest BCUT2D eigenvalue weighted by atomic mass is 10.1. The number of H-pyrrole nitrogens is 1. The lowest BCUT2D eigenvalue weighted by molar-refractivity contribution is 0.569. The topological polar surface area (TPSA) is 58.0 Å². The molecule has 0 radical (unpaired) electrons. The van der Waals surface area contributed by atoms with E-state index in [2.05, 4.69) is 10.3 Å². The second-order valence-electron chi connectivity index (χ2n) is 4.29.